The van der Waals surface area contributed by atoms with E-state index in [1.54, 1.807) is 13.2 Å². The van der Waals surface area contributed by atoms with E-state index in [0.29, 0.717) is 5.92 Å². The van der Waals surface area contributed by atoms with E-state index in [9.17, 15) is 4.79 Å². The zero-order valence-electron chi connectivity index (χ0n) is 12.7. The molecule has 0 saturated carbocycles. The fraction of sp³-hybridized carbons (Fsp3) is 0.471. The second kappa shape index (κ2) is 7.27. The highest BCUT2D eigenvalue weighted by Gasteiger charge is 2.20. The van der Waals surface area contributed by atoms with E-state index >= 15 is 0 Å². The summed E-state index contributed by atoms with van der Waals surface area (Å²) in [7, 11) is 1.76. The monoisotopic (exact) mass is 289 g/mol. The van der Waals surface area contributed by atoms with Gasteiger partial charge in [0.05, 0.1) is 0 Å². The molecule has 0 bridgehead atoms. The number of carbonyl (C=O) groups is 1. The Bertz CT molecular complexity index is 517. The van der Waals surface area contributed by atoms with Gasteiger partial charge in [-0.25, -0.2) is 4.79 Å². The number of aryl methyl sites for hydroxylation is 1. The van der Waals surface area contributed by atoms with Crippen LogP contribution in [0, 0.1) is 12.8 Å². The highest BCUT2D eigenvalue weighted by molar-refractivity contribution is 5.85. The van der Waals surface area contributed by atoms with Gasteiger partial charge in [-0.15, -0.1) is 0 Å². The van der Waals surface area contributed by atoms with Gasteiger partial charge >= 0.3 is 5.97 Å². The smallest absolute Gasteiger partial charge is 0.328 e. The van der Waals surface area contributed by atoms with Crippen molar-refractivity contribution in [3.63, 3.8) is 0 Å². The molecule has 0 spiro atoms. The normalized spacial score (nSPS) is 16.6. The number of carboxylic acid groups (broad SMARTS) is 1. The SMILES string of the molecule is COCC1CCN(c2ccc(C=CC(=O)O)cc2C)CC1. The van der Waals surface area contributed by atoms with Gasteiger partial charge < -0.3 is 14.7 Å². The van der Waals surface area contributed by atoms with Gasteiger partial charge in [-0.3, -0.25) is 0 Å². The minimum atomic E-state index is -0.919. The van der Waals surface area contributed by atoms with Crippen molar-refractivity contribution < 1.29 is 14.6 Å². The Morgan fingerprint density at radius 2 is 2.14 bits per heavy atom. The lowest BCUT2D eigenvalue weighted by Gasteiger charge is -2.34. The van der Waals surface area contributed by atoms with Crippen LogP contribution in [-0.4, -0.2) is 37.9 Å². The van der Waals surface area contributed by atoms with E-state index in [1.807, 2.05) is 12.1 Å². The topological polar surface area (TPSA) is 49.8 Å². The van der Waals surface area contributed by atoms with Gasteiger partial charge in [0.2, 0.25) is 0 Å². The number of nitrogens with zero attached hydrogens (tertiary/aromatic N) is 1. The third-order valence-corrected chi connectivity index (χ3v) is 4.00. The Kier molecular flexibility index (Phi) is 5.39. The number of hydrogen-bond acceptors (Lipinski definition) is 3. The average Bonchev–Trinajstić information content (AvgIpc) is 2.47. The average molecular weight is 289 g/mol. The molecule has 1 heterocycles. The van der Waals surface area contributed by atoms with Crippen molar-refractivity contribution in [3.8, 4) is 0 Å². The van der Waals surface area contributed by atoms with Gasteiger partial charge in [0.1, 0.15) is 0 Å². The molecule has 0 amide bonds. The van der Waals surface area contributed by atoms with E-state index in [2.05, 4.69) is 17.9 Å². The Labute approximate surface area is 126 Å². The second-order valence-corrected chi connectivity index (χ2v) is 5.60. The third kappa shape index (κ3) is 4.33. The highest BCUT2D eigenvalue weighted by Crippen LogP contribution is 2.27. The summed E-state index contributed by atoms with van der Waals surface area (Å²) in [5.41, 5.74) is 3.36. The molecule has 4 heteroatoms. The van der Waals surface area contributed by atoms with Crippen LogP contribution in [-0.2, 0) is 9.53 Å². The third-order valence-electron chi connectivity index (χ3n) is 4.00. The summed E-state index contributed by atoms with van der Waals surface area (Å²) in [5, 5.41) is 8.67. The Hall–Kier alpha value is -1.81. The molecule has 21 heavy (non-hydrogen) atoms. The summed E-state index contributed by atoms with van der Waals surface area (Å²) >= 11 is 0. The summed E-state index contributed by atoms with van der Waals surface area (Å²) in [4.78, 5) is 13.0. The molecule has 1 aromatic rings. The number of anilines is 1. The number of aliphatic carboxylic acids is 1. The molecular formula is C17H23NO3. The van der Waals surface area contributed by atoms with Crippen LogP contribution in [0.25, 0.3) is 6.08 Å². The van der Waals surface area contributed by atoms with Crippen LogP contribution >= 0.6 is 0 Å². The molecule has 0 atom stereocenters. The number of ether oxygens (including phenoxy) is 1. The maximum atomic E-state index is 10.6. The number of methoxy groups -OCH3 is 1. The molecule has 0 unspecified atom stereocenters. The van der Waals surface area contributed by atoms with Crippen molar-refractivity contribution in [3.05, 3.63) is 35.4 Å². The zero-order chi connectivity index (χ0) is 15.2. The number of carboxylic acids is 1. The molecule has 0 aliphatic carbocycles. The van der Waals surface area contributed by atoms with E-state index in [1.165, 1.54) is 17.3 Å². The lowest BCUT2D eigenvalue weighted by atomic mass is 9.96. The largest absolute Gasteiger partial charge is 0.478 e. The van der Waals surface area contributed by atoms with Crippen LogP contribution in [0.1, 0.15) is 24.0 Å². The van der Waals surface area contributed by atoms with Gasteiger partial charge in [0.25, 0.3) is 0 Å². The predicted octanol–water partition coefficient (Wildman–Crippen LogP) is 2.96. The first-order valence-corrected chi connectivity index (χ1v) is 7.35. The van der Waals surface area contributed by atoms with Gasteiger partial charge in [0, 0.05) is 38.6 Å². The summed E-state index contributed by atoms with van der Waals surface area (Å²) in [6, 6.07) is 6.10. The molecule has 2 rings (SSSR count). The summed E-state index contributed by atoms with van der Waals surface area (Å²) in [6.07, 6.45) is 5.12. The summed E-state index contributed by atoms with van der Waals surface area (Å²) in [5.74, 6) is -0.249. The zero-order valence-corrected chi connectivity index (χ0v) is 12.7. The highest BCUT2D eigenvalue weighted by atomic mass is 16.5. The first kappa shape index (κ1) is 15.6. The van der Waals surface area contributed by atoms with Crippen molar-refractivity contribution >= 4 is 17.7 Å². The van der Waals surface area contributed by atoms with Crippen molar-refractivity contribution in [2.45, 2.75) is 19.8 Å². The number of piperidine rings is 1. The van der Waals surface area contributed by atoms with Crippen LogP contribution in [0.2, 0.25) is 0 Å². The molecule has 0 radical (unpaired) electrons. The number of benzene rings is 1. The number of rotatable bonds is 5. The fourth-order valence-corrected chi connectivity index (χ4v) is 2.88. The maximum Gasteiger partial charge on any atom is 0.328 e. The Morgan fingerprint density at radius 1 is 1.43 bits per heavy atom. The van der Waals surface area contributed by atoms with Crippen LogP contribution in [0.5, 0.6) is 0 Å². The Morgan fingerprint density at radius 3 is 2.71 bits per heavy atom. The van der Waals surface area contributed by atoms with E-state index in [0.717, 1.165) is 38.1 Å². The maximum absolute atomic E-state index is 10.6. The molecule has 1 aliphatic rings. The van der Waals surface area contributed by atoms with Crippen LogP contribution < -0.4 is 4.90 Å². The summed E-state index contributed by atoms with van der Waals surface area (Å²) in [6.45, 7) is 5.04. The predicted molar refractivity (Wildman–Crippen MR) is 84.7 cm³/mol. The Balaban J connectivity index is 2.03. The van der Waals surface area contributed by atoms with Crippen molar-refractivity contribution in [1.82, 2.24) is 0 Å². The van der Waals surface area contributed by atoms with E-state index in [-0.39, 0.29) is 0 Å². The lowest BCUT2D eigenvalue weighted by molar-refractivity contribution is -0.131. The van der Waals surface area contributed by atoms with Gasteiger partial charge in [0.15, 0.2) is 0 Å². The van der Waals surface area contributed by atoms with Gasteiger partial charge in [-0.2, -0.15) is 0 Å². The van der Waals surface area contributed by atoms with Crippen molar-refractivity contribution in [2.75, 3.05) is 31.7 Å². The van der Waals surface area contributed by atoms with E-state index < -0.39 is 5.97 Å². The minimum Gasteiger partial charge on any atom is -0.478 e. The van der Waals surface area contributed by atoms with Crippen LogP contribution in [0.4, 0.5) is 5.69 Å². The summed E-state index contributed by atoms with van der Waals surface area (Å²) < 4.78 is 5.23. The molecule has 1 N–H and O–H groups in total. The van der Waals surface area contributed by atoms with Crippen LogP contribution in [0.15, 0.2) is 24.3 Å². The van der Waals surface area contributed by atoms with Crippen molar-refractivity contribution in [2.24, 2.45) is 5.92 Å². The first-order chi connectivity index (χ1) is 10.1. The van der Waals surface area contributed by atoms with Crippen LogP contribution in [0.3, 0.4) is 0 Å². The molecule has 1 fully saturated rings. The number of hydrogen-bond donors (Lipinski definition) is 1. The molecule has 4 nitrogen and oxygen atoms in total. The molecule has 114 valence electrons. The minimum absolute atomic E-state index is 0.671. The second-order valence-electron chi connectivity index (χ2n) is 5.60. The van der Waals surface area contributed by atoms with Gasteiger partial charge in [-0.05, 0) is 55.0 Å². The van der Waals surface area contributed by atoms with Gasteiger partial charge in [-0.1, -0.05) is 6.07 Å². The molecule has 1 saturated heterocycles. The molecule has 0 aromatic heterocycles. The quantitative estimate of drug-likeness (QED) is 0.847. The first-order valence-electron chi connectivity index (χ1n) is 7.35. The fourth-order valence-electron chi connectivity index (χ4n) is 2.88. The standard InChI is InChI=1S/C17H23NO3/c1-13-11-14(4-6-17(19)20)3-5-16(13)18-9-7-15(8-10-18)12-21-2/h3-6,11,15H,7-10,12H2,1-2H3,(H,19,20). The lowest BCUT2D eigenvalue weighted by Crippen LogP contribution is -2.35. The molecular weight excluding hydrogens is 266 g/mol. The van der Waals surface area contributed by atoms with E-state index in [4.69, 9.17) is 9.84 Å². The molecule has 1 aromatic carbocycles. The molecule has 1 aliphatic heterocycles. The van der Waals surface area contributed by atoms with Crippen molar-refractivity contribution in [1.29, 1.82) is 0 Å².